The van der Waals surface area contributed by atoms with Gasteiger partial charge in [-0.2, -0.15) is 0 Å². The monoisotopic (exact) mass is 249 g/mol. The molecule has 102 valence electrons. The van der Waals surface area contributed by atoms with E-state index in [4.69, 9.17) is 4.99 Å². The van der Waals surface area contributed by atoms with Gasteiger partial charge in [0.2, 0.25) is 0 Å². The minimum absolute atomic E-state index is 0.744. The number of hydrogen-bond acceptors (Lipinski definition) is 2. The van der Waals surface area contributed by atoms with Crippen LogP contribution in [0.4, 0.5) is 0 Å². The number of nitrogens with zero attached hydrogens (tertiary/aromatic N) is 2. The summed E-state index contributed by atoms with van der Waals surface area (Å²) in [7, 11) is 4.27. The number of aliphatic imine (C=N–C) groups is 1. The summed E-state index contributed by atoms with van der Waals surface area (Å²) in [5, 5.41) is 3.76. The zero-order valence-electron chi connectivity index (χ0n) is 11.9. The summed E-state index contributed by atoms with van der Waals surface area (Å²) in [5.74, 6) is 4.12. The van der Waals surface area contributed by atoms with E-state index in [0.29, 0.717) is 0 Å². The van der Waals surface area contributed by atoms with Gasteiger partial charge in [0.15, 0.2) is 0 Å². The Balaban J connectivity index is 1.60. The summed E-state index contributed by atoms with van der Waals surface area (Å²) in [6.07, 6.45) is 8.32. The van der Waals surface area contributed by atoms with Gasteiger partial charge in [-0.25, -0.2) is 0 Å². The molecule has 4 aliphatic rings. The summed E-state index contributed by atoms with van der Waals surface area (Å²) in [4.78, 5) is 7.14. The Bertz CT molecular complexity index is 310. The van der Waals surface area contributed by atoms with Crippen molar-refractivity contribution >= 4 is 5.84 Å². The highest BCUT2D eigenvalue weighted by Gasteiger charge is 2.41. The van der Waals surface area contributed by atoms with Crippen molar-refractivity contribution < 1.29 is 0 Å². The van der Waals surface area contributed by atoms with Gasteiger partial charge < -0.3 is 10.2 Å². The lowest BCUT2D eigenvalue weighted by Gasteiger charge is -2.37. The predicted octanol–water partition coefficient (Wildman–Crippen LogP) is 2.13. The molecule has 1 N–H and O–H groups in total. The van der Waals surface area contributed by atoms with E-state index in [1.807, 2.05) is 0 Å². The normalized spacial score (nSPS) is 40.3. The second-order valence-electron chi connectivity index (χ2n) is 6.87. The quantitative estimate of drug-likeness (QED) is 0.773. The van der Waals surface area contributed by atoms with Gasteiger partial charge in [-0.15, -0.1) is 0 Å². The first kappa shape index (κ1) is 12.5. The van der Waals surface area contributed by atoms with Crippen LogP contribution in [0.3, 0.4) is 0 Å². The fraction of sp³-hybridized carbons (Fsp3) is 0.933. The van der Waals surface area contributed by atoms with E-state index in [-0.39, 0.29) is 0 Å². The molecule has 3 nitrogen and oxygen atoms in total. The van der Waals surface area contributed by atoms with Crippen molar-refractivity contribution in [1.29, 1.82) is 0 Å². The van der Waals surface area contributed by atoms with Crippen LogP contribution in [0, 0.1) is 17.8 Å². The Morgan fingerprint density at radius 1 is 1.11 bits per heavy atom. The first-order valence-corrected chi connectivity index (χ1v) is 7.66. The maximum Gasteiger partial charge on any atom is 0.0996 e. The van der Waals surface area contributed by atoms with Gasteiger partial charge in [0, 0.05) is 18.5 Å². The third-order valence-electron chi connectivity index (χ3n) is 4.92. The average Bonchev–Trinajstić information content (AvgIpc) is 2.49. The van der Waals surface area contributed by atoms with E-state index in [2.05, 4.69) is 24.3 Å². The Hall–Kier alpha value is -0.570. The molecule has 2 aliphatic carbocycles. The van der Waals surface area contributed by atoms with Gasteiger partial charge in [0.1, 0.15) is 0 Å². The highest BCUT2D eigenvalue weighted by atomic mass is 15.1. The molecular weight excluding hydrogens is 222 g/mol. The van der Waals surface area contributed by atoms with Gasteiger partial charge >= 0.3 is 0 Å². The molecule has 0 radical (unpaired) electrons. The van der Waals surface area contributed by atoms with Crippen molar-refractivity contribution in [2.24, 2.45) is 22.7 Å². The molecule has 0 aromatic rings. The van der Waals surface area contributed by atoms with Crippen LogP contribution in [0.2, 0.25) is 0 Å². The van der Waals surface area contributed by atoms with Crippen LogP contribution in [0.5, 0.6) is 0 Å². The van der Waals surface area contributed by atoms with E-state index in [1.54, 1.807) is 0 Å². The van der Waals surface area contributed by atoms with E-state index < -0.39 is 0 Å². The summed E-state index contributed by atoms with van der Waals surface area (Å²) >= 11 is 0. The van der Waals surface area contributed by atoms with Crippen LogP contribution in [-0.2, 0) is 0 Å². The van der Waals surface area contributed by atoms with Crippen LogP contribution < -0.4 is 5.32 Å². The molecule has 0 aromatic heterocycles. The first-order chi connectivity index (χ1) is 8.70. The highest BCUT2D eigenvalue weighted by molar-refractivity contribution is 5.85. The largest absolute Gasteiger partial charge is 0.371 e. The molecule has 0 amide bonds. The van der Waals surface area contributed by atoms with Gasteiger partial charge in [-0.1, -0.05) is 0 Å². The van der Waals surface area contributed by atoms with Crippen molar-refractivity contribution in [3.05, 3.63) is 0 Å². The number of amidine groups is 1. The van der Waals surface area contributed by atoms with E-state index in [0.717, 1.165) is 36.9 Å². The second-order valence-corrected chi connectivity index (χ2v) is 6.87. The van der Waals surface area contributed by atoms with E-state index >= 15 is 0 Å². The zero-order chi connectivity index (χ0) is 12.5. The molecule has 4 bridgehead atoms. The van der Waals surface area contributed by atoms with Crippen LogP contribution in [0.15, 0.2) is 4.99 Å². The molecule has 2 heterocycles. The fourth-order valence-corrected chi connectivity index (χ4v) is 4.28. The molecule has 2 aliphatic heterocycles. The Morgan fingerprint density at radius 2 is 1.83 bits per heavy atom. The van der Waals surface area contributed by atoms with Crippen LogP contribution >= 0.6 is 0 Å². The molecular formula is C15H27N3. The Kier molecular flexibility index (Phi) is 3.60. The lowest BCUT2D eigenvalue weighted by atomic mass is 9.68. The number of rotatable bonds is 4. The molecule has 4 rings (SSSR count). The predicted molar refractivity (Wildman–Crippen MR) is 76.0 cm³/mol. The van der Waals surface area contributed by atoms with Crippen LogP contribution in [-0.4, -0.2) is 44.0 Å². The minimum Gasteiger partial charge on any atom is -0.371 e. The fourth-order valence-electron chi connectivity index (χ4n) is 4.28. The number of fused-ring (bicyclic) bond motifs is 1. The molecule has 3 heteroatoms. The van der Waals surface area contributed by atoms with Crippen molar-refractivity contribution in [2.75, 3.05) is 27.2 Å². The van der Waals surface area contributed by atoms with Gasteiger partial charge in [0.05, 0.1) is 5.84 Å². The molecule has 2 unspecified atom stereocenters. The van der Waals surface area contributed by atoms with Gasteiger partial charge in [-0.3, -0.25) is 4.99 Å². The van der Waals surface area contributed by atoms with Crippen LogP contribution in [0.1, 0.15) is 38.5 Å². The smallest absolute Gasteiger partial charge is 0.0996 e. The van der Waals surface area contributed by atoms with Crippen molar-refractivity contribution in [2.45, 2.75) is 44.6 Å². The summed E-state index contributed by atoms with van der Waals surface area (Å²) in [6, 6.07) is 0.744. The minimum atomic E-state index is 0.744. The first-order valence-electron chi connectivity index (χ1n) is 7.66. The molecule has 2 saturated carbocycles. The van der Waals surface area contributed by atoms with E-state index in [9.17, 15) is 0 Å². The zero-order valence-corrected chi connectivity index (χ0v) is 11.9. The third-order valence-corrected chi connectivity index (χ3v) is 4.92. The van der Waals surface area contributed by atoms with Crippen molar-refractivity contribution in [3.8, 4) is 0 Å². The topological polar surface area (TPSA) is 27.6 Å². The van der Waals surface area contributed by atoms with E-state index in [1.165, 1.54) is 44.4 Å². The molecule has 4 atom stereocenters. The lowest BCUT2D eigenvalue weighted by Crippen LogP contribution is -2.36. The maximum absolute atomic E-state index is 4.89. The SMILES string of the molecule is CN(C)CCCN=C1NC2C[C@@H]3CC1C[C@H](C2)C3. The Morgan fingerprint density at radius 3 is 2.50 bits per heavy atom. The van der Waals surface area contributed by atoms with Gasteiger partial charge in [0.25, 0.3) is 0 Å². The Labute approximate surface area is 111 Å². The molecule has 0 aromatic carbocycles. The standard InChI is InChI=1S/C15H27N3/c1-18(2)5-3-4-16-15-13-7-11-6-12(8-13)10-14(9-11)17-15/h11-14H,3-10H2,1-2H3,(H,16,17)/t11-,12+,13?,14?. The molecule has 18 heavy (non-hydrogen) atoms. The van der Waals surface area contributed by atoms with Gasteiger partial charge in [-0.05, 0) is 71.0 Å². The van der Waals surface area contributed by atoms with Crippen LogP contribution in [0.25, 0.3) is 0 Å². The van der Waals surface area contributed by atoms with Crippen molar-refractivity contribution in [3.63, 3.8) is 0 Å². The number of nitrogens with one attached hydrogen (secondary N) is 1. The molecule has 4 fully saturated rings. The summed E-state index contributed by atoms with van der Waals surface area (Å²) < 4.78 is 0. The third kappa shape index (κ3) is 2.71. The number of hydrogen-bond donors (Lipinski definition) is 1. The highest BCUT2D eigenvalue weighted by Crippen LogP contribution is 2.45. The maximum atomic E-state index is 4.89. The van der Waals surface area contributed by atoms with Crippen molar-refractivity contribution in [1.82, 2.24) is 10.2 Å². The lowest BCUT2D eigenvalue weighted by molar-refractivity contribution is 0.162. The second kappa shape index (κ2) is 5.20. The summed E-state index contributed by atoms with van der Waals surface area (Å²) in [6.45, 7) is 2.15. The molecule has 0 spiro atoms. The average molecular weight is 249 g/mol. The summed E-state index contributed by atoms with van der Waals surface area (Å²) in [5.41, 5.74) is 0. The molecule has 2 saturated heterocycles.